The lowest BCUT2D eigenvalue weighted by molar-refractivity contribution is 0.321. The molecule has 0 bridgehead atoms. The zero-order valence-corrected chi connectivity index (χ0v) is 14.2. The van der Waals surface area contributed by atoms with Gasteiger partial charge >= 0.3 is 0 Å². The van der Waals surface area contributed by atoms with Crippen LogP contribution < -0.4 is 20.1 Å². The monoisotopic (exact) mass is 391 g/mol. The van der Waals surface area contributed by atoms with E-state index in [1.54, 1.807) is 20.2 Å². The summed E-state index contributed by atoms with van der Waals surface area (Å²) in [7, 11) is 3.37. The molecule has 0 spiro atoms. The van der Waals surface area contributed by atoms with E-state index < -0.39 is 0 Å². The first-order chi connectivity index (χ1) is 9.30. The lowest BCUT2D eigenvalue weighted by atomic mass is 10.3. The molecule has 0 radical (unpaired) electrons. The van der Waals surface area contributed by atoms with E-state index in [-0.39, 0.29) is 24.0 Å². The van der Waals surface area contributed by atoms with E-state index in [1.807, 2.05) is 24.3 Å². The van der Waals surface area contributed by atoms with Gasteiger partial charge in [0.05, 0.1) is 13.7 Å². The summed E-state index contributed by atoms with van der Waals surface area (Å²) in [5.41, 5.74) is 0. The number of hydrogen-bond donors (Lipinski definition) is 2. The first kappa shape index (κ1) is 18.6. The van der Waals surface area contributed by atoms with Crippen LogP contribution in [0.3, 0.4) is 0 Å². The van der Waals surface area contributed by atoms with Crippen LogP contribution in [-0.2, 0) is 0 Å². The third-order valence-corrected chi connectivity index (χ3v) is 2.36. The van der Waals surface area contributed by atoms with Crippen molar-refractivity contribution in [2.75, 3.05) is 33.9 Å². The van der Waals surface area contributed by atoms with Gasteiger partial charge in [-0.2, -0.15) is 0 Å². The van der Waals surface area contributed by atoms with E-state index >= 15 is 0 Å². The molecule has 2 N–H and O–H groups in total. The fourth-order valence-electron chi connectivity index (χ4n) is 1.40. The Labute approximate surface area is 137 Å². The number of nitrogens with one attached hydrogen (secondary N) is 2. The molecular weight excluding hydrogens is 369 g/mol. The smallest absolute Gasteiger partial charge is 0.191 e. The standard InChI is InChI=1S/C14H21N3O2.HI/c1-4-9-16-14(15-2)17-10-11-19-13-7-5-12(18-3)6-8-13;/h4-8H,1,9-11H2,2-3H3,(H2,15,16,17);1H. The van der Waals surface area contributed by atoms with Gasteiger partial charge in [0.15, 0.2) is 5.96 Å². The lowest BCUT2D eigenvalue weighted by Gasteiger charge is -2.11. The minimum absolute atomic E-state index is 0. The third-order valence-electron chi connectivity index (χ3n) is 2.36. The Hall–Kier alpha value is -1.44. The molecule has 5 nitrogen and oxygen atoms in total. The Kier molecular flexibility index (Phi) is 10.6. The van der Waals surface area contributed by atoms with Gasteiger partial charge in [-0.3, -0.25) is 4.99 Å². The van der Waals surface area contributed by atoms with Gasteiger partial charge in [-0.25, -0.2) is 0 Å². The molecule has 20 heavy (non-hydrogen) atoms. The van der Waals surface area contributed by atoms with Crippen LogP contribution in [0, 0.1) is 0 Å². The molecule has 0 aliphatic heterocycles. The second-order valence-electron chi connectivity index (χ2n) is 3.69. The maximum Gasteiger partial charge on any atom is 0.191 e. The van der Waals surface area contributed by atoms with E-state index in [0.29, 0.717) is 19.7 Å². The molecule has 0 unspecified atom stereocenters. The quantitative estimate of drug-likeness (QED) is 0.246. The number of hydrogen-bond acceptors (Lipinski definition) is 3. The van der Waals surface area contributed by atoms with Crippen LogP contribution in [0.25, 0.3) is 0 Å². The Morgan fingerprint density at radius 3 is 2.45 bits per heavy atom. The number of halogens is 1. The maximum absolute atomic E-state index is 5.58. The number of ether oxygens (including phenoxy) is 2. The summed E-state index contributed by atoms with van der Waals surface area (Å²) in [5, 5.41) is 6.22. The van der Waals surface area contributed by atoms with Crippen molar-refractivity contribution >= 4 is 29.9 Å². The number of rotatable bonds is 7. The van der Waals surface area contributed by atoms with Crippen molar-refractivity contribution in [1.29, 1.82) is 0 Å². The first-order valence-corrected chi connectivity index (χ1v) is 6.12. The Balaban J connectivity index is 0.00000361. The molecule has 0 heterocycles. The van der Waals surface area contributed by atoms with E-state index in [0.717, 1.165) is 17.5 Å². The molecule has 0 aromatic heterocycles. The number of methoxy groups -OCH3 is 1. The number of aliphatic imine (C=N–C) groups is 1. The van der Waals surface area contributed by atoms with E-state index in [1.165, 1.54) is 0 Å². The molecule has 1 rings (SSSR count). The summed E-state index contributed by atoms with van der Waals surface area (Å²) in [4.78, 5) is 4.07. The fraction of sp³-hybridized carbons (Fsp3) is 0.357. The zero-order chi connectivity index (χ0) is 13.9. The Morgan fingerprint density at radius 1 is 1.25 bits per heavy atom. The summed E-state index contributed by atoms with van der Waals surface area (Å²) >= 11 is 0. The van der Waals surface area contributed by atoms with Crippen LogP contribution in [0.1, 0.15) is 0 Å². The second-order valence-corrected chi connectivity index (χ2v) is 3.69. The van der Waals surface area contributed by atoms with E-state index in [4.69, 9.17) is 9.47 Å². The highest BCUT2D eigenvalue weighted by Crippen LogP contribution is 2.16. The van der Waals surface area contributed by atoms with Crippen molar-refractivity contribution in [3.63, 3.8) is 0 Å². The van der Waals surface area contributed by atoms with Crippen LogP contribution in [0.5, 0.6) is 11.5 Å². The van der Waals surface area contributed by atoms with Gasteiger partial charge in [-0.1, -0.05) is 6.08 Å². The topological polar surface area (TPSA) is 54.9 Å². The van der Waals surface area contributed by atoms with Gasteiger partial charge < -0.3 is 20.1 Å². The predicted molar refractivity (Wildman–Crippen MR) is 93.5 cm³/mol. The highest BCUT2D eigenvalue weighted by atomic mass is 127. The average molecular weight is 391 g/mol. The molecular formula is C14H22IN3O2. The molecule has 112 valence electrons. The van der Waals surface area contributed by atoms with Gasteiger partial charge in [-0.15, -0.1) is 30.6 Å². The molecule has 0 saturated carbocycles. The molecule has 0 aliphatic carbocycles. The molecule has 0 amide bonds. The van der Waals surface area contributed by atoms with Gasteiger partial charge in [0.1, 0.15) is 18.1 Å². The van der Waals surface area contributed by atoms with Gasteiger partial charge in [0.2, 0.25) is 0 Å². The lowest BCUT2D eigenvalue weighted by Crippen LogP contribution is -2.39. The van der Waals surface area contributed by atoms with Crippen LogP contribution in [0.15, 0.2) is 41.9 Å². The van der Waals surface area contributed by atoms with Crippen molar-refractivity contribution < 1.29 is 9.47 Å². The van der Waals surface area contributed by atoms with Gasteiger partial charge in [0, 0.05) is 13.6 Å². The van der Waals surface area contributed by atoms with Gasteiger partial charge in [-0.05, 0) is 24.3 Å². The minimum atomic E-state index is 0. The molecule has 6 heteroatoms. The minimum Gasteiger partial charge on any atom is -0.497 e. The molecule has 1 aromatic rings. The summed E-state index contributed by atoms with van der Waals surface area (Å²) in [5.74, 6) is 2.37. The van der Waals surface area contributed by atoms with Crippen LogP contribution >= 0.6 is 24.0 Å². The van der Waals surface area contributed by atoms with E-state index in [2.05, 4.69) is 22.2 Å². The SMILES string of the molecule is C=CCNC(=NC)NCCOc1ccc(OC)cc1.I. The summed E-state index contributed by atoms with van der Waals surface area (Å²) in [6.45, 7) is 5.54. The van der Waals surface area contributed by atoms with Crippen molar-refractivity contribution in [1.82, 2.24) is 10.6 Å². The molecule has 0 atom stereocenters. The molecule has 0 saturated heterocycles. The molecule has 0 fully saturated rings. The van der Waals surface area contributed by atoms with Crippen molar-refractivity contribution in [2.45, 2.75) is 0 Å². The Morgan fingerprint density at radius 2 is 1.90 bits per heavy atom. The Bertz CT molecular complexity index is 407. The van der Waals surface area contributed by atoms with Crippen molar-refractivity contribution in [3.8, 4) is 11.5 Å². The number of benzene rings is 1. The third kappa shape index (κ3) is 7.22. The van der Waals surface area contributed by atoms with Crippen molar-refractivity contribution in [2.24, 2.45) is 4.99 Å². The fourth-order valence-corrected chi connectivity index (χ4v) is 1.40. The summed E-state index contributed by atoms with van der Waals surface area (Å²) in [6.07, 6.45) is 1.78. The number of guanidine groups is 1. The number of nitrogens with zero attached hydrogens (tertiary/aromatic N) is 1. The normalized spacial score (nSPS) is 10.2. The average Bonchev–Trinajstić information content (AvgIpc) is 2.47. The highest BCUT2D eigenvalue weighted by molar-refractivity contribution is 14.0. The largest absolute Gasteiger partial charge is 0.497 e. The second kappa shape index (κ2) is 11.4. The first-order valence-electron chi connectivity index (χ1n) is 6.12. The highest BCUT2D eigenvalue weighted by Gasteiger charge is 1.97. The van der Waals surface area contributed by atoms with Crippen LogP contribution in [-0.4, -0.2) is 39.8 Å². The summed E-state index contributed by atoms with van der Waals surface area (Å²) in [6, 6.07) is 7.49. The predicted octanol–water partition coefficient (Wildman–Crippen LogP) is 2.04. The molecule has 1 aromatic carbocycles. The summed E-state index contributed by atoms with van der Waals surface area (Å²) < 4.78 is 10.7. The molecule has 0 aliphatic rings. The van der Waals surface area contributed by atoms with E-state index in [9.17, 15) is 0 Å². The van der Waals surface area contributed by atoms with Crippen LogP contribution in [0.4, 0.5) is 0 Å². The van der Waals surface area contributed by atoms with Crippen LogP contribution in [0.2, 0.25) is 0 Å². The zero-order valence-electron chi connectivity index (χ0n) is 11.9. The maximum atomic E-state index is 5.58. The van der Waals surface area contributed by atoms with Gasteiger partial charge in [0.25, 0.3) is 0 Å². The van der Waals surface area contributed by atoms with Crippen molar-refractivity contribution in [3.05, 3.63) is 36.9 Å².